The van der Waals surface area contributed by atoms with Gasteiger partial charge in [-0.3, -0.25) is 0 Å². The summed E-state index contributed by atoms with van der Waals surface area (Å²) in [7, 11) is 0. The molecule has 3 saturated carbocycles. The Morgan fingerprint density at radius 3 is 2.41 bits per heavy atom. The summed E-state index contributed by atoms with van der Waals surface area (Å²) in [5, 5.41) is 6.86. The first-order valence-electron chi connectivity index (χ1n) is 9.09. The molecule has 2 atom stereocenters. The van der Waals surface area contributed by atoms with Crippen molar-refractivity contribution in [2.24, 2.45) is 11.3 Å². The van der Waals surface area contributed by atoms with E-state index in [2.05, 4.69) is 10.6 Å². The quantitative estimate of drug-likeness (QED) is 0.816. The van der Waals surface area contributed by atoms with Gasteiger partial charge in [-0.05, 0) is 83.5 Å². The van der Waals surface area contributed by atoms with Crippen molar-refractivity contribution in [1.82, 2.24) is 10.6 Å². The van der Waals surface area contributed by atoms with Gasteiger partial charge in [0.25, 0.3) is 0 Å². The Labute approximate surface area is 134 Å². The Bertz CT molecular complexity index is 408. The van der Waals surface area contributed by atoms with Crippen molar-refractivity contribution in [3.05, 3.63) is 0 Å². The van der Waals surface area contributed by atoms with Gasteiger partial charge in [-0.15, -0.1) is 0 Å². The molecule has 2 N–H and O–H groups in total. The van der Waals surface area contributed by atoms with E-state index in [0.717, 1.165) is 18.8 Å². The molecule has 3 aliphatic rings. The van der Waals surface area contributed by atoms with Gasteiger partial charge in [0, 0.05) is 18.6 Å². The van der Waals surface area contributed by atoms with Gasteiger partial charge in [-0.1, -0.05) is 0 Å². The Kier molecular flexibility index (Phi) is 4.41. The third-order valence-electron chi connectivity index (χ3n) is 5.47. The second kappa shape index (κ2) is 6.03. The monoisotopic (exact) mass is 308 g/mol. The third-order valence-corrected chi connectivity index (χ3v) is 5.47. The minimum absolute atomic E-state index is 0.261. The molecule has 4 nitrogen and oxygen atoms in total. The van der Waals surface area contributed by atoms with Gasteiger partial charge in [0.2, 0.25) is 0 Å². The van der Waals surface area contributed by atoms with Crippen LogP contribution in [0.25, 0.3) is 0 Å². The fraction of sp³-hybridized carbons (Fsp3) is 0.944. The molecule has 0 radical (unpaired) electrons. The normalized spacial score (nSPS) is 30.7. The number of ether oxygens (including phenoxy) is 1. The van der Waals surface area contributed by atoms with Crippen molar-refractivity contribution in [3.63, 3.8) is 0 Å². The fourth-order valence-electron chi connectivity index (χ4n) is 3.91. The largest absolute Gasteiger partial charge is 0.444 e. The minimum atomic E-state index is -0.418. The van der Waals surface area contributed by atoms with Crippen molar-refractivity contribution in [2.75, 3.05) is 6.54 Å². The number of amides is 1. The van der Waals surface area contributed by atoms with Crippen LogP contribution in [0.1, 0.15) is 72.1 Å². The molecule has 1 amide bonds. The Morgan fingerprint density at radius 1 is 1.14 bits per heavy atom. The summed E-state index contributed by atoms with van der Waals surface area (Å²) in [4.78, 5) is 11.9. The first kappa shape index (κ1) is 16.1. The second-order valence-corrected chi connectivity index (χ2v) is 8.72. The van der Waals surface area contributed by atoms with E-state index in [1.807, 2.05) is 20.8 Å². The van der Waals surface area contributed by atoms with Crippen LogP contribution < -0.4 is 10.6 Å². The van der Waals surface area contributed by atoms with Crippen LogP contribution in [0.15, 0.2) is 0 Å². The van der Waals surface area contributed by atoms with Crippen molar-refractivity contribution < 1.29 is 9.53 Å². The molecule has 4 heteroatoms. The van der Waals surface area contributed by atoms with Crippen LogP contribution in [0, 0.1) is 11.3 Å². The first-order chi connectivity index (χ1) is 10.4. The van der Waals surface area contributed by atoms with Crippen LogP contribution in [0.5, 0.6) is 0 Å². The standard InChI is InChI=1S/C18H32N2O2/c1-17(2,3)22-16(21)20-15-6-4-5-14(11-15)19-12-18(9-10-18)13-7-8-13/h13-15,19H,4-12H2,1-3H3,(H,20,21). The topological polar surface area (TPSA) is 50.4 Å². The maximum absolute atomic E-state index is 11.9. The highest BCUT2D eigenvalue weighted by molar-refractivity contribution is 5.68. The molecular weight excluding hydrogens is 276 g/mol. The lowest BCUT2D eigenvalue weighted by atomic mass is 9.90. The van der Waals surface area contributed by atoms with Crippen LogP contribution in [-0.4, -0.2) is 30.3 Å². The van der Waals surface area contributed by atoms with Crippen LogP contribution in [0.2, 0.25) is 0 Å². The molecule has 0 aromatic carbocycles. The number of hydrogen-bond donors (Lipinski definition) is 2. The number of carbonyl (C=O) groups is 1. The summed E-state index contributed by atoms with van der Waals surface area (Å²) in [6.07, 6.45) is 10.0. The van der Waals surface area contributed by atoms with Gasteiger partial charge < -0.3 is 15.4 Å². The average molecular weight is 308 g/mol. The van der Waals surface area contributed by atoms with Crippen molar-refractivity contribution in [2.45, 2.75) is 89.8 Å². The van der Waals surface area contributed by atoms with Crippen molar-refractivity contribution in [1.29, 1.82) is 0 Å². The van der Waals surface area contributed by atoms with E-state index >= 15 is 0 Å². The van der Waals surface area contributed by atoms with E-state index in [1.165, 1.54) is 45.1 Å². The third kappa shape index (κ3) is 4.37. The predicted molar refractivity (Wildman–Crippen MR) is 87.8 cm³/mol. The van der Waals surface area contributed by atoms with Crippen LogP contribution >= 0.6 is 0 Å². The summed E-state index contributed by atoms with van der Waals surface area (Å²) in [6, 6.07) is 0.821. The highest BCUT2D eigenvalue weighted by Crippen LogP contribution is 2.60. The zero-order valence-corrected chi connectivity index (χ0v) is 14.4. The highest BCUT2D eigenvalue weighted by atomic mass is 16.6. The van der Waals surface area contributed by atoms with E-state index < -0.39 is 5.60 Å². The van der Waals surface area contributed by atoms with Crippen molar-refractivity contribution >= 4 is 6.09 Å². The number of rotatable bonds is 5. The Balaban J connectivity index is 1.40. The van der Waals surface area contributed by atoms with Crippen LogP contribution in [0.3, 0.4) is 0 Å². The smallest absolute Gasteiger partial charge is 0.407 e. The molecular formula is C18H32N2O2. The molecule has 2 unspecified atom stereocenters. The summed E-state index contributed by atoms with van der Waals surface area (Å²) >= 11 is 0. The maximum atomic E-state index is 11.9. The summed E-state index contributed by atoms with van der Waals surface area (Å²) in [5.41, 5.74) is 0.241. The molecule has 0 aromatic rings. The highest BCUT2D eigenvalue weighted by Gasteiger charge is 2.53. The second-order valence-electron chi connectivity index (χ2n) is 8.72. The van der Waals surface area contributed by atoms with Gasteiger partial charge in [0.1, 0.15) is 5.60 Å². The number of hydrogen-bond acceptors (Lipinski definition) is 3. The minimum Gasteiger partial charge on any atom is -0.444 e. The maximum Gasteiger partial charge on any atom is 0.407 e. The molecule has 22 heavy (non-hydrogen) atoms. The molecule has 0 saturated heterocycles. The molecule has 3 aliphatic carbocycles. The molecule has 3 fully saturated rings. The van der Waals surface area contributed by atoms with Gasteiger partial charge in [0.05, 0.1) is 0 Å². The van der Waals surface area contributed by atoms with E-state index in [0.29, 0.717) is 11.5 Å². The molecule has 126 valence electrons. The fourth-order valence-corrected chi connectivity index (χ4v) is 3.91. The average Bonchev–Trinajstić information content (AvgIpc) is 3.27. The lowest BCUT2D eigenvalue weighted by Crippen LogP contribution is -2.46. The molecule has 0 bridgehead atoms. The predicted octanol–water partition coefficient (Wildman–Crippen LogP) is 3.60. The summed E-state index contributed by atoms with van der Waals surface area (Å²) in [5.74, 6) is 1.01. The molecule has 0 spiro atoms. The Hall–Kier alpha value is -0.770. The zero-order valence-electron chi connectivity index (χ0n) is 14.4. The van der Waals surface area contributed by atoms with Gasteiger partial charge in [-0.25, -0.2) is 4.79 Å². The van der Waals surface area contributed by atoms with E-state index in [9.17, 15) is 4.79 Å². The molecule has 0 heterocycles. The van der Waals surface area contributed by atoms with E-state index in [1.54, 1.807) is 0 Å². The molecule has 0 aliphatic heterocycles. The number of nitrogens with one attached hydrogen (secondary N) is 2. The lowest BCUT2D eigenvalue weighted by molar-refractivity contribution is 0.0488. The molecule has 0 aromatic heterocycles. The first-order valence-corrected chi connectivity index (χ1v) is 9.09. The van der Waals surface area contributed by atoms with Crippen LogP contribution in [-0.2, 0) is 4.74 Å². The van der Waals surface area contributed by atoms with Crippen LogP contribution in [0.4, 0.5) is 4.79 Å². The zero-order chi connectivity index (χ0) is 15.8. The SMILES string of the molecule is CC(C)(C)OC(=O)NC1CCCC(NCC2(C3CC3)CC2)C1. The van der Waals surface area contributed by atoms with Crippen molar-refractivity contribution in [3.8, 4) is 0 Å². The lowest BCUT2D eigenvalue weighted by Gasteiger charge is -2.32. The van der Waals surface area contributed by atoms with Gasteiger partial charge in [0.15, 0.2) is 0 Å². The molecule has 3 rings (SSSR count). The van der Waals surface area contributed by atoms with E-state index in [-0.39, 0.29) is 12.1 Å². The summed E-state index contributed by atoms with van der Waals surface area (Å²) < 4.78 is 5.37. The van der Waals surface area contributed by atoms with Gasteiger partial charge >= 0.3 is 6.09 Å². The number of alkyl carbamates (subject to hydrolysis) is 1. The number of carbonyl (C=O) groups excluding carboxylic acids is 1. The van der Waals surface area contributed by atoms with Gasteiger partial charge in [-0.2, -0.15) is 0 Å². The van der Waals surface area contributed by atoms with E-state index in [4.69, 9.17) is 4.74 Å². The summed E-state index contributed by atoms with van der Waals surface area (Å²) in [6.45, 7) is 6.92. The Morgan fingerprint density at radius 2 is 1.82 bits per heavy atom.